The van der Waals surface area contributed by atoms with Gasteiger partial charge in [0.25, 0.3) is 0 Å². The van der Waals surface area contributed by atoms with Gasteiger partial charge >= 0.3 is 0 Å². The average molecular weight is 201 g/mol. The van der Waals surface area contributed by atoms with Crippen LogP contribution >= 0.6 is 0 Å². The fourth-order valence-electron chi connectivity index (χ4n) is 1.91. The lowest BCUT2D eigenvalue weighted by molar-refractivity contribution is -0.251. The Kier molecular flexibility index (Phi) is 3.93. The van der Waals surface area contributed by atoms with Crippen LogP contribution in [0.25, 0.3) is 0 Å². The number of ether oxygens (including phenoxy) is 2. The molecule has 0 aromatic carbocycles. The Labute approximate surface area is 86.9 Å². The molecule has 0 radical (unpaired) electrons. The van der Waals surface area contributed by atoms with Crippen molar-refractivity contribution in [3.8, 4) is 0 Å². The molecule has 3 heteroatoms. The van der Waals surface area contributed by atoms with Gasteiger partial charge in [0, 0.05) is 0 Å². The van der Waals surface area contributed by atoms with E-state index in [-0.39, 0.29) is 23.9 Å². The van der Waals surface area contributed by atoms with Crippen LogP contribution in [0, 0.1) is 0 Å². The molecule has 0 saturated carbocycles. The standard InChI is InChI=1S/C11H23NO2/c1-8-9(2)14-11(4,6-5-7-12)10(3)13-8/h8-10H,5-7,12H2,1-4H3. The Balaban J connectivity index is 2.58. The zero-order valence-corrected chi connectivity index (χ0v) is 9.75. The van der Waals surface area contributed by atoms with Crippen LogP contribution < -0.4 is 5.73 Å². The van der Waals surface area contributed by atoms with E-state index in [9.17, 15) is 0 Å². The Bertz CT molecular complexity index is 186. The van der Waals surface area contributed by atoms with Gasteiger partial charge in [-0.2, -0.15) is 0 Å². The molecule has 0 aromatic rings. The van der Waals surface area contributed by atoms with E-state index in [1.54, 1.807) is 0 Å². The second kappa shape index (κ2) is 4.60. The molecule has 0 aliphatic carbocycles. The van der Waals surface area contributed by atoms with Gasteiger partial charge in [0.1, 0.15) is 0 Å². The summed E-state index contributed by atoms with van der Waals surface area (Å²) in [6.45, 7) is 9.05. The normalized spacial score (nSPS) is 43.9. The minimum Gasteiger partial charge on any atom is -0.370 e. The molecule has 2 N–H and O–H groups in total. The molecule has 4 unspecified atom stereocenters. The van der Waals surface area contributed by atoms with Gasteiger partial charge in [-0.15, -0.1) is 0 Å². The first-order valence-electron chi connectivity index (χ1n) is 5.53. The molecule has 0 amide bonds. The highest BCUT2D eigenvalue weighted by Gasteiger charge is 2.40. The maximum Gasteiger partial charge on any atom is 0.0917 e. The summed E-state index contributed by atoms with van der Waals surface area (Å²) in [6.07, 6.45) is 2.48. The Morgan fingerprint density at radius 2 is 1.86 bits per heavy atom. The minimum atomic E-state index is -0.161. The first-order chi connectivity index (χ1) is 6.49. The highest BCUT2D eigenvalue weighted by Crippen LogP contribution is 2.32. The molecule has 1 rings (SSSR count). The van der Waals surface area contributed by atoms with Gasteiger partial charge in [0.2, 0.25) is 0 Å². The predicted molar refractivity (Wildman–Crippen MR) is 57.2 cm³/mol. The summed E-state index contributed by atoms with van der Waals surface area (Å²) >= 11 is 0. The summed E-state index contributed by atoms with van der Waals surface area (Å²) in [5.41, 5.74) is 5.35. The third-order valence-corrected chi connectivity index (χ3v) is 3.27. The van der Waals surface area contributed by atoms with Crippen molar-refractivity contribution < 1.29 is 9.47 Å². The molecule has 0 aromatic heterocycles. The second-order valence-electron chi connectivity index (χ2n) is 4.51. The Hall–Kier alpha value is -0.120. The Morgan fingerprint density at radius 1 is 1.21 bits per heavy atom. The van der Waals surface area contributed by atoms with E-state index in [0.29, 0.717) is 0 Å². The molecule has 1 aliphatic heterocycles. The van der Waals surface area contributed by atoms with Crippen molar-refractivity contribution in [2.45, 2.75) is 64.4 Å². The molecule has 14 heavy (non-hydrogen) atoms. The lowest BCUT2D eigenvalue weighted by Gasteiger charge is -2.45. The Morgan fingerprint density at radius 3 is 2.43 bits per heavy atom. The molecule has 84 valence electrons. The van der Waals surface area contributed by atoms with Crippen LogP contribution in [-0.4, -0.2) is 30.5 Å². The maximum absolute atomic E-state index is 6.02. The molecule has 3 nitrogen and oxygen atoms in total. The zero-order chi connectivity index (χ0) is 10.8. The summed E-state index contributed by atoms with van der Waals surface area (Å²) in [4.78, 5) is 0. The second-order valence-corrected chi connectivity index (χ2v) is 4.51. The van der Waals surface area contributed by atoms with Gasteiger partial charge in [-0.1, -0.05) is 0 Å². The third kappa shape index (κ3) is 2.47. The van der Waals surface area contributed by atoms with Crippen molar-refractivity contribution >= 4 is 0 Å². The summed E-state index contributed by atoms with van der Waals surface area (Å²) < 4.78 is 11.9. The highest BCUT2D eigenvalue weighted by molar-refractivity contribution is 4.88. The number of nitrogens with two attached hydrogens (primary N) is 1. The van der Waals surface area contributed by atoms with Crippen molar-refractivity contribution in [3.63, 3.8) is 0 Å². The van der Waals surface area contributed by atoms with Gasteiger partial charge in [-0.3, -0.25) is 0 Å². The number of rotatable bonds is 3. The van der Waals surface area contributed by atoms with Crippen LogP contribution in [0.3, 0.4) is 0 Å². The van der Waals surface area contributed by atoms with Crippen LogP contribution in [0.15, 0.2) is 0 Å². The fraction of sp³-hybridized carbons (Fsp3) is 1.00. The van der Waals surface area contributed by atoms with E-state index in [2.05, 4.69) is 27.7 Å². The van der Waals surface area contributed by atoms with E-state index in [1.165, 1.54) is 0 Å². The van der Waals surface area contributed by atoms with Crippen LogP contribution in [0.1, 0.15) is 40.5 Å². The van der Waals surface area contributed by atoms with Crippen LogP contribution in [0.5, 0.6) is 0 Å². The van der Waals surface area contributed by atoms with Crippen molar-refractivity contribution in [2.24, 2.45) is 5.73 Å². The van der Waals surface area contributed by atoms with Gasteiger partial charge in [0.15, 0.2) is 0 Å². The molecule has 1 fully saturated rings. The number of hydrogen-bond acceptors (Lipinski definition) is 3. The first-order valence-corrected chi connectivity index (χ1v) is 5.53. The summed E-state index contributed by atoms with van der Waals surface area (Å²) in [6, 6.07) is 0. The average Bonchev–Trinajstić information content (AvgIpc) is 2.12. The third-order valence-electron chi connectivity index (χ3n) is 3.27. The maximum atomic E-state index is 6.02. The zero-order valence-electron chi connectivity index (χ0n) is 9.75. The van der Waals surface area contributed by atoms with Crippen molar-refractivity contribution in [1.82, 2.24) is 0 Å². The largest absolute Gasteiger partial charge is 0.370 e. The smallest absolute Gasteiger partial charge is 0.0917 e. The molecular weight excluding hydrogens is 178 g/mol. The van der Waals surface area contributed by atoms with Gasteiger partial charge in [-0.25, -0.2) is 0 Å². The molecule has 1 aliphatic rings. The highest BCUT2D eigenvalue weighted by atomic mass is 16.6. The summed E-state index contributed by atoms with van der Waals surface area (Å²) in [5, 5.41) is 0. The molecule has 0 bridgehead atoms. The summed E-state index contributed by atoms with van der Waals surface area (Å²) in [5.74, 6) is 0. The lowest BCUT2D eigenvalue weighted by Crippen LogP contribution is -2.53. The van der Waals surface area contributed by atoms with Crippen LogP contribution in [0.4, 0.5) is 0 Å². The van der Waals surface area contributed by atoms with Gasteiger partial charge in [-0.05, 0) is 47.1 Å². The molecular formula is C11H23NO2. The number of hydrogen-bond donors (Lipinski definition) is 1. The minimum absolute atomic E-state index is 0.153. The van der Waals surface area contributed by atoms with Crippen molar-refractivity contribution in [3.05, 3.63) is 0 Å². The summed E-state index contributed by atoms with van der Waals surface area (Å²) in [7, 11) is 0. The molecule has 1 saturated heterocycles. The van der Waals surface area contributed by atoms with Gasteiger partial charge < -0.3 is 15.2 Å². The molecule has 4 atom stereocenters. The van der Waals surface area contributed by atoms with E-state index in [4.69, 9.17) is 15.2 Å². The quantitative estimate of drug-likeness (QED) is 0.756. The van der Waals surface area contributed by atoms with Crippen LogP contribution in [0.2, 0.25) is 0 Å². The monoisotopic (exact) mass is 201 g/mol. The van der Waals surface area contributed by atoms with Crippen LogP contribution in [-0.2, 0) is 9.47 Å². The van der Waals surface area contributed by atoms with Crippen molar-refractivity contribution in [1.29, 1.82) is 0 Å². The lowest BCUT2D eigenvalue weighted by atomic mass is 9.91. The first kappa shape index (κ1) is 12.0. The van der Waals surface area contributed by atoms with E-state index >= 15 is 0 Å². The predicted octanol–water partition coefficient (Wildman–Crippen LogP) is 1.70. The fourth-order valence-corrected chi connectivity index (χ4v) is 1.91. The van der Waals surface area contributed by atoms with Gasteiger partial charge in [0.05, 0.1) is 23.9 Å². The molecule has 0 spiro atoms. The van der Waals surface area contributed by atoms with Crippen molar-refractivity contribution in [2.75, 3.05) is 6.54 Å². The topological polar surface area (TPSA) is 44.5 Å². The van der Waals surface area contributed by atoms with E-state index in [1.807, 2.05) is 0 Å². The molecule has 1 heterocycles. The van der Waals surface area contributed by atoms with E-state index in [0.717, 1.165) is 19.4 Å². The SMILES string of the molecule is CC1OC(C)C(C)(CCCN)OC1C. The van der Waals surface area contributed by atoms with E-state index < -0.39 is 0 Å².